The molecule has 0 bridgehead atoms. The summed E-state index contributed by atoms with van der Waals surface area (Å²) in [5.41, 5.74) is 3.59. The lowest BCUT2D eigenvalue weighted by Crippen LogP contribution is -2.51. The average molecular weight is 263 g/mol. The highest BCUT2D eigenvalue weighted by Gasteiger charge is 2.26. The molecule has 1 aromatic rings. The quantitative estimate of drug-likeness (QED) is 0.801. The van der Waals surface area contributed by atoms with E-state index in [2.05, 4.69) is 17.4 Å². The normalized spacial score (nSPS) is 17.4. The van der Waals surface area contributed by atoms with Crippen molar-refractivity contribution in [1.29, 1.82) is 0 Å². The number of hydrogen-bond donors (Lipinski definition) is 2. The van der Waals surface area contributed by atoms with Gasteiger partial charge in [0.05, 0.1) is 6.04 Å². The summed E-state index contributed by atoms with van der Waals surface area (Å²) in [5.74, 6) is 0.129. The first-order valence-corrected chi connectivity index (χ1v) is 6.60. The van der Waals surface area contributed by atoms with Crippen LogP contribution in [-0.2, 0) is 0 Å². The molecule has 104 valence electrons. The minimum absolute atomic E-state index is 0.0444. The van der Waals surface area contributed by atoms with Crippen LogP contribution in [0.25, 0.3) is 0 Å². The van der Waals surface area contributed by atoms with Crippen molar-refractivity contribution in [3.63, 3.8) is 0 Å². The van der Waals surface area contributed by atoms with Gasteiger partial charge in [0.2, 0.25) is 0 Å². The van der Waals surface area contributed by atoms with E-state index in [1.165, 1.54) is 12.1 Å². The molecule has 0 atom stereocenters. The third kappa shape index (κ3) is 3.24. The highest BCUT2D eigenvalue weighted by molar-refractivity contribution is 5.94. The summed E-state index contributed by atoms with van der Waals surface area (Å²) in [6.07, 6.45) is 1.95. The minimum atomic E-state index is -0.0444. The van der Waals surface area contributed by atoms with Gasteiger partial charge in [0.25, 0.3) is 5.91 Å². The number of hydrazine groups is 1. The van der Waals surface area contributed by atoms with Gasteiger partial charge >= 0.3 is 0 Å². The molecule has 0 radical (unpaired) electrons. The number of aromatic hydroxyl groups is 1. The van der Waals surface area contributed by atoms with E-state index in [0.717, 1.165) is 25.9 Å². The average Bonchev–Trinajstić information content (AvgIpc) is 2.42. The molecule has 19 heavy (non-hydrogen) atoms. The van der Waals surface area contributed by atoms with Crippen molar-refractivity contribution in [2.75, 3.05) is 27.2 Å². The molecule has 2 N–H and O–H groups in total. The number of likely N-dealkylation sites (tertiary alicyclic amines) is 1. The Labute approximate surface area is 113 Å². The second kappa shape index (κ2) is 6.04. The molecule has 2 rings (SSSR count). The van der Waals surface area contributed by atoms with Gasteiger partial charge in [-0.3, -0.25) is 9.80 Å². The van der Waals surface area contributed by atoms with Gasteiger partial charge in [0.1, 0.15) is 5.75 Å². The van der Waals surface area contributed by atoms with Gasteiger partial charge in [-0.05, 0) is 57.2 Å². The minimum Gasteiger partial charge on any atom is -0.508 e. The Balaban J connectivity index is 2.08. The fourth-order valence-corrected chi connectivity index (χ4v) is 2.45. The molecule has 1 heterocycles. The summed E-state index contributed by atoms with van der Waals surface area (Å²) in [6, 6.07) is 6.60. The second-order valence-corrected chi connectivity index (χ2v) is 4.98. The first-order valence-electron chi connectivity index (χ1n) is 6.60. The number of amides is 1. The van der Waals surface area contributed by atoms with Crippen molar-refractivity contribution in [3.8, 4) is 5.75 Å². The standard InChI is InChI=1S/C14H21N3O2/c1-15-17(12-7-9-16(2)10-8-12)14(19)11-3-5-13(18)6-4-11/h3-6,12,15,18H,7-10H2,1-2H3. The number of benzene rings is 1. The Morgan fingerprint density at radius 3 is 2.42 bits per heavy atom. The van der Waals surface area contributed by atoms with E-state index in [9.17, 15) is 9.90 Å². The maximum atomic E-state index is 12.4. The molecule has 0 aliphatic carbocycles. The first kappa shape index (κ1) is 13.8. The Morgan fingerprint density at radius 2 is 1.89 bits per heavy atom. The van der Waals surface area contributed by atoms with Gasteiger partial charge in [0, 0.05) is 12.6 Å². The Hall–Kier alpha value is -1.59. The molecular weight excluding hydrogens is 242 g/mol. The van der Waals surface area contributed by atoms with Crippen LogP contribution in [0, 0.1) is 0 Å². The van der Waals surface area contributed by atoms with Crippen molar-refractivity contribution < 1.29 is 9.90 Å². The topological polar surface area (TPSA) is 55.8 Å². The highest BCUT2D eigenvalue weighted by atomic mass is 16.3. The van der Waals surface area contributed by atoms with Crippen molar-refractivity contribution >= 4 is 5.91 Å². The van der Waals surface area contributed by atoms with Gasteiger partial charge in [-0.1, -0.05) is 0 Å². The van der Waals surface area contributed by atoms with Crippen LogP contribution in [0.1, 0.15) is 23.2 Å². The molecule has 0 unspecified atom stereocenters. The molecule has 1 aliphatic rings. The van der Waals surface area contributed by atoms with Gasteiger partial charge in [-0.2, -0.15) is 0 Å². The van der Waals surface area contributed by atoms with E-state index in [1.807, 2.05) is 0 Å². The maximum Gasteiger partial charge on any atom is 0.268 e. The smallest absolute Gasteiger partial charge is 0.268 e. The Morgan fingerprint density at radius 1 is 1.32 bits per heavy atom. The summed E-state index contributed by atoms with van der Waals surface area (Å²) in [5, 5.41) is 11.0. The largest absolute Gasteiger partial charge is 0.508 e. The molecule has 5 heteroatoms. The van der Waals surface area contributed by atoms with Crippen LogP contribution < -0.4 is 5.43 Å². The molecule has 1 aliphatic heterocycles. The molecule has 0 aromatic heterocycles. The van der Waals surface area contributed by atoms with E-state index < -0.39 is 0 Å². The summed E-state index contributed by atoms with van der Waals surface area (Å²) < 4.78 is 0. The van der Waals surface area contributed by atoms with Crippen LogP contribution in [-0.4, -0.2) is 54.1 Å². The number of carbonyl (C=O) groups is 1. The van der Waals surface area contributed by atoms with Crippen LogP contribution >= 0.6 is 0 Å². The summed E-state index contributed by atoms with van der Waals surface area (Å²) >= 11 is 0. The fourth-order valence-electron chi connectivity index (χ4n) is 2.45. The predicted octanol–water partition coefficient (Wildman–Crippen LogP) is 1.06. The summed E-state index contributed by atoms with van der Waals surface area (Å²) in [4.78, 5) is 14.7. The monoisotopic (exact) mass is 263 g/mol. The lowest BCUT2D eigenvalue weighted by Gasteiger charge is -2.36. The maximum absolute atomic E-state index is 12.4. The zero-order chi connectivity index (χ0) is 13.8. The number of rotatable bonds is 3. The Bertz CT molecular complexity index is 425. The SMILES string of the molecule is CNN(C(=O)c1ccc(O)cc1)C1CCN(C)CC1. The van der Waals surface area contributed by atoms with Crippen LogP contribution in [0.15, 0.2) is 24.3 Å². The highest BCUT2D eigenvalue weighted by Crippen LogP contribution is 2.17. The summed E-state index contributed by atoms with van der Waals surface area (Å²) in [7, 11) is 3.87. The second-order valence-electron chi connectivity index (χ2n) is 4.98. The molecule has 0 spiro atoms. The van der Waals surface area contributed by atoms with E-state index in [-0.39, 0.29) is 17.7 Å². The number of carbonyl (C=O) groups excluding carboxylic acids is 1. The van der Waals surface area contributed by atoms with Crippen LogP contribution in [0.3, 0.4) is 0 Å². The number of phenols is 1. The van der Waals surface area contributed by atoms with Crippen LogP contribution in [0.2, 0.25) is 0 Å². The molecule has 1 saturated heterocycles. The zero-order valence-corrected chi connectivity index (χ0v) is 11.5. The molecule has 5 nitrogen and oxygen atoms in total. The lowest BCUT2D eigenvalue weighted by molar-refractivity contribution is 0.0463. The predicted molar refractivity (Wildman–Crippen MR) is 73.9 cm³/mol. The third-order valence-corrected chi connectivity index (χ3v) is 3.63. The molecule has 0 saturated carbocycles. The van der Waals surface area contributed by atoms with E-state index in [0.29, 0.717) is 5.56 Å². The van der Waals surface area contributed by atoms with Gasteiger partial charge in [-0.25, -0.2) is 5.43 Å². The molecular formula is C14H21N3O2. The molecule has 1 amide bonds. The van der Waals surface area contributed by atoms with E-state index in [4.69, 9.17) is 0 Å². The number of nitrogens with zero attached hydrogens (tertiary/aromatic N) is 2. The van der Waals surface area contributed by atoms with Crippen LogP contribution in [0.4, 0.5) is 0 Å². The van der Waals surface area contributed by atoms with Crippen molar-refractivity contribution in [2.24, 2.45) is 0 Å². The van der Waals surface area contributed by atoms with Gasteiger partial charge in [-0.15, -0.1) is 0 Å². The zero-order valence-electron chi connectivity index (χ0n) is 11.5. The molecule has 1 aromatic carbocycles. The van der Waals surface area contributed by atoms with Gasteiger partial charge < -0.3 is 10.0 Å². The lowest BCUT2D eigenvalue weighted by atomic mass is 10.0. The van der Waals surface area contributed by atoms with Crippen molar-refractivity contribution in [2.45, 2.75) is 18.9 Å². The number of piperidine rings is 1. The summed E-state index contributed by atoms with van der Waals surface area (Å²) in [6.45, 7) is 2.01. The number of hydrogen-bond acceptors (Lipinski definition) is 4. The Kier molecular flexibility index (Phi) is 4.39. The number of phenolic OH excluding ortho intramolecular Hbond substituents is 1. The first-order chi connectivity index (χ1) is 9.11. The van der Waals surface area contributed by atoms with Crippen molar-refractivity contribution in [1.82, 2.24) is 15.3 Å². The van der Waals surface area contributed by atoms with Gasteiger partial charge in [0.15, 0.2) is 0 Å². The van der Waals surface area contributed by atoms with E-state index >= 15 is 0 Å². The third-order valence-electron chi connectivity index (χ3n) is 3.63. The van der Waals surface area contributed by atoms with Crippen molar-refractivity contribution in [3.05, 3.63) is 29.8 Å². The molecule has 1 fully saturated rings. The number of nitrogens with one attached hydrogen (secondary N) is 1. The van der Waals surface area contributed by atoms with Crippen LogP contribution in [0.5, 0.6) is 5.75 Å². The fraction of sp³-hybridized carbons (Fsp3) is 0.500. The van der Waals surface area contributed by atoms with E-state index in [1.54, 1.807) is 24.2 Å².